The Kier molecular flexibility index (Phi) is 8.90. The molecule has 0 spiro atoms. The van der Waals surface area contributed by atoms with Crippen LogP contribution in [0, 0.1) is 0 Å². The van der Waals surface area contributed by atoms with Crippen molar-refractivity contribution >= 4 is 18.0 Å². The Bertz CT molecular complexity index is 657. The van der Waals surface area contributed by atoms with Gasteiger partial charge in [0.15, 0.2) is 5.78 Å². The Morgan fingerprint density at radius 2 is 1.79 bits per heavy atom. The molecular weight excluding hydrogens is 302 g/mol. The molecule has 0 fully saturated rings. The zero-order valence-corrected chi connectivity index (χ0v) is 14.6. The van der Waals surface area contributed by atoms with Crippen LogP contribution in [0.1, 0.15) is 49.7 Å². The Labute approximate surface area is 143 Å². The highest BCUT2D eigenvalue weighted by Gasteiger charge is 2.09. The summed E-state index contributed by atoms with van der Waals surface area (Å²) in [6.45, 7) is 6.44. The minimum atomic E-state index is -0.426. The second-order valence-corrected chi connectivity index (χ2v) is 4.83. The number of allylic oxidation sites excluding steroid dienone is 1. The van der Waals surface area contributed by atoms with Crippen molar-refractivity contribution in [3.63, 3.8) is 0 Å². The summed E-state index contributed by atoms with van der Waals surface area (Å²) in [5.74, 6) is -0.104. The van der Waals surface area contributed by atoms with Crippen LogP contribution in [-0.4, -0.2) is 23.1 Å². The number of benzene rings is 1. The third kappa shape index (κ3) is 5.88. The first-order valence-corrected chi connectivity index (χ1v) is 8.34. The van der Waals surface area contributed by atoms with Crippen LogP contribution in [0.4, 0.5) is 4.79 Å². The third-order valence-electron chi connectivity index (χ3n) is 3.16. The molecule has 0 atom stereocenters. The fourth-order valence-corrected chi connectivity index (χ4v) is 1.93. The van der Waals surface area contributed by atoms with Crippen molar-refractivity contribution in [2.24, 2.45) is 0 Å². The van der Waals surface area contributed by atoms with E-state index in [4.69, 9.17) is 4.74 Å². The fraction of sp³-hybridized carbons (Fsp3) is 0.300. The lowest BCUT2D eigenvalue weighted by Gasteiger charge is -2.06. The number of rotatable bonds is 6. The first kappa shape index (κ1) is 19.4. The summed E-state index contributed by atoms with van der Waals surface area (Å²) < 4.78 is 6.56. The molecule has 2 aromatic rings. The van der Waals surface area contributed by atoms with Gasteiger partial charge in [0, 0.05) is 11.8 Å². The largest absolute Gasteiger partial charge is 0.449 e. The predicted molar refractivity (Wildman–Crippen MR) is 97.2 cm³/mol. The van der Waals surface area contributed by atoms with E-state index in [2.05, 4.69) is 0 Å². The second kappa shape index (κ2) is 11.0. The molecule has 0 aliphatic rings. The smallest absolute Gasteiger partial charge is 0.418 e. The molecule has 0 amide bonds. The monoisotopic (exact) mass is 327 g/mol. The van der Waals surface area contributed by atoms with Crippen molar-refractivity contribution in [1.29, 1.82) is 0 Å². The lowest BCUT2D eigenvalue weighted by molar-refractivity contribution is 0.104. The number of ketones is 1. The Hall–Kier alpha value is -2.62. The number of carbonyl (C=O) groups excluding carboxylic acids is 2. The van der Waals surface area contributed by atoms with Gasteiger partial charge in [0.2, 0.25) is 0 Å². The van der Waals surface area contributed by atoms with E-state index in [0.717, 1.165) is 12.8 Å². The van der Waals surface area contributed by atoms with Crippen molar-refractivity contribution in [2.45, 2.75) is 33.6 Å². The second-order valence-electron chi connectivity index (χ2n) is 4.83. The Balaban J connectivity index is 0.00000139. The molecule has 24 heavy (non-hydrogen) atoms. The van der Waals surface area contributed by atoms with Crippen LogP contribution in [0.2, 0.25) is 0 Å². The molecule has 1 heterocycles. The van der Waals surface area contributed by atoms with Crippen LogP contribution in [0.15, 0.2) is 54.7 Å². The summed E-state index contributed by atoms with van der Waals surface area (Å²) in [6.07, 6.45) is 6.09. The molecule has 0 aliphatic carbocycles. The molecule has 1 aromatic heterocycles. The lowest BCUT2D eigenvalue weighted by Crippen LogP contribution is -2.14. The molecule has 2 rings (SSSR count). The number of hydrogen-bond acceptors (Lipinski definition) is 3. The molecule has 0 aliphatic heterocycles. The van der Waals surface area contributed by atoms with E-state index in [1.165, 1.54) is 10.6 Å². The van der Waals surface area contributed by atoms with Gasteiger partial charge < -0.3 is 4.74 Å². The predicted octanol–water partition coefficient (Wildman–Crippen LogP) is 5.20. The summed E-state index contributed by atoms with van der Waals surface area (Å²) in [7, 11) is 0. The Morgan fingerprint density at radius 1 is 1.08 bits per heavy atom. The van der Waals surface area contributed by atoms with Crippen LogP contribution in [0.25, 0.3) is 6.08 Å². The maximum atomic E-state index is 12.0. The van der Waals surface area contributed by atoms with Crippen molar-refractivity contribution in [3.05, 3.63) is 66.0 Å². The first-order chi connectivity index (χ1) is 11.7. The van der Waals surface area contributed by atoms with Gasteiger partial charge >= 0.3 is 6.09 Å². The lowest BCUT2D eigenvalue weighted by atomic mass is 10.1. The molecule has 1 aromatic carbocycles. The molecule has 4 heteroatoms. The van der Waals surface area contributed by atoms with Gasteiger partial charge in [0.25, 0.3) is 0 Å². The molecule has 0 unspecified atom stereocenters. The van der Waals surface area contributed by atoms with Crippen molar-refractivity contribution in [1.82, 2.24) is 4.57 Å². The Morgan fingerprint density at radius 3 is 2.46 bits per heavy atom. The van der Waals surface area contributed by atoms with Crippen molar-refractivity contribution < 1.29 is 14.3 Å². The van der Waals surface area contributed by atoms with E-state index in [1.54, 1.807) is 36.5 Å². The normalized spacial score (nSPS) is 10.1. The van der Waals surface area contributed by atoms with E-state index < -0.39 is 6.09 Å². The average Bonchev–Trinajstić information content (AvgIpc) is 3.11. The van der Waals surface area contributed by atoms with E-state index in [0.29, 0.717) is 17.9 Å². The topological polar surface area (TPSA) is 48.3 Å². The highest BCUT2D eigenvalue weighted by molar-refractivity contribution is 6.06. The van der Waals surface area contributed by atoms with E-state index >= 15 is 0 Å². The molecule has 0 saturated heterocycles. The highest BCUT2D eigenvalue weighted by atomic mass is 16.5. The summed E-state index contributed by atoms with van der Waals surface area (Å²) in [5, 5.41) is 0. The maximum Gasteiger partial charge on any atom is 0.418 e. The molecule has 128 valence electrons. The van der Waals surface area contributed by atoms with E-state index in [-0.39, 0.29) is 5.78 Å². The van der Waals surface area contributed by atoms with Gasteiger partial charge in [-0.25, -0.2) is 4.79 Å². The van der Waals surface area contributed by atoms with Crippen LogP contribution < -0.4 is 0 Å². The van der Waals surface area contributed by atoms with Crippen molar-refractivity contribution in [3.8, 4) is 0 Å². The van der Waals surface area contributed by atoms with Gasteiger partial charge in [-0.05, 0) is 30.7 Å². The standard InChI is InChI=1S/C18H19NO3.C2H6/c1-2-3-14-22-18(21)19-13-7-10-16(19)11-12-17(20)15-8-5-4-6-9-15;1-2/h4-13H,2-3,14H2,1H3;1-2H3/b12-11+;. The summed E-state index contributed by atoms with van der Waals surface area (Å²) in [4.78, 5) is 24.0. The molecule has 0 N–H and O–H groups in total. The quantitative estimate of drug-likeness (QED) is 0.416. The number of nitrogens with zero attached hydrogens (tertiary/aromatic N) is 1. The van der Waals surface area contributed by atoms with Crippen molar-refractivity contribution in [2.75, 3.05) is 6.61 Å². The molecule has 0 radical (unpaired) electrons. The highest BCUT2D eigenvalue weighted by Crippen LogP contribution is 2.08. The van der Waals surface area contributed by atoms with Crippen LogP contribution in [0.3, 0.4) is 0 Å². The van der Waals surface area contributed by atoms with Gasteiger partial charge in [0.05, 0.1) is 12.3 Å². The number of carbonyl (C=O) groups is 2. The molecule has 0 bridgehead atoms. The molecule has 0 saturated carbocycles. The summed E-state index contributed by atoms with van der Waals surface area (Å²) >= 11 is 0. The molecular formula is C20H25NO3. The van der Waals surface area contributed by atoms with E-state index in [9.17, 15) is 9.59 Å². The van der Waals surface area contributed by atoms with Gasteiger partial charge in [-0.3, -0.25) is 9.36 Å². The van der Waals surface area contributed by atoms with Gasteiger partial charge in [0.1, 0.15) is 0 Å². The zero-order valence-electron chi connectivity index (χ0n) is 14.6. The third-order valence-corrected chi connectivity index (χ3v) is 3.16. The van der Waals surface area contributed by atoms with E-state index in [1.807, 2.05) is 39.0 Å². The first-order valence-electron chi connectivity index (χ1n) is 8.34. The maximum absolute atomic E-state index is 12.0. The average molecular weight is 327 g/mol. The van der Waals surface area contributed by atoms with Gasteiger partial charge in [-0.15, -0.1) is 0 Å². The van der Waals surface area contributed by atoms with Gasteiger partial charge in [-0.1, -0.05) is 57.5 Å². The fourth-order valence-electron chi connectivity index (χ4n) is 1.93. The van der Waals surface area contributed by atoms with Gasteiger partial charge in [-0.2, -0.15) is 0 Å². The summed E-state index contributed by atoms with van der Waals surface area (Å²) in [6, 6.07) is 12.5. The minimum Gasteiger partial charge on any atom is -0.449 e. The molecule has 4 nitrogen and oxygen atoms in total. The minimum absolute atomic E-state index is 0.104. The van der Waals surface area contributed by atoms with Crippen LogP contribution in [-0.2, 0) is 4.74 Å². The number of hydrogen-bond donors (Lipinski definition) is 0. The van der Waals surface area contributed by atoms with Crippen LogP contribution in [0.5, 0.6) is 0 Å². The summed E-state index contributed by atoms with van der Waals surface area (Å²) in [5.41, 5.74) is 1.23. The van der Waals surface area contributed by atoms with Crippen LogP contribution >= 0.6 is 0 Å². The number of ether oxygens (including phenoxy) is 1. The zero-order chi connectivity index (χ0) is 17.8. The SMILES string of the molecule is CC.CCCCOC(=O)n1cccc1/C=C/C(=O)c1ccccc1. The number of unbranched alkanes of at least 4 members (excludes halogenated alkanes) is 1. The number of aromatic nitrogens is 1.